The smallest absolute Gasteiger partial charge is 0.129 e. The molecule has 0 spiro atoms. The summed E-state index contributed by atoms with van der Waals surface area (Å²) in [6, 6.07) is 3.91. The number of rotatable bonds is 7. The highest BCUT2D eigenvalue weighted by Crippen LogP contribution is 2.16. The predicted octanol–water partition coefficient (Wildman–Crippen LogP) is 3.84. The van der Waals surface area contributed by atoms with E-state index in [0.29, 0.717) is 12.0 Å². The second-order valence-electron chi connectivity index (χ2n) is 4.50. The third-order valence-corrected chi connectivity index (χ3v) is 3.01. The quantitative estimate of drug-likeness (QED) is 0.728. The summed E-state index contributed by atoms with van der Waals surface area (Å²) in [5.74, 6) is -1.01. The van der Waals surface area contributed by atoms with Crippen LogP contribution in [0.1, 0.15) is 32.3 Å². The monoisotopic (exact) mass is 253 g/mol. The SMILES string of the molecule is C=C(CC)CC(Cc1ccc(F)cc1F)NCC. The van der Waals surface area contributed by atoms with E-state index < -0.39 is 11.6 Å². The summed E-state index contributed by atoms with van der Waals surface area (Å²) in [6.45, 7) is 8.88. The van der Waals surface area contributed by atoms with Gasteiger partial charge in [0.15, 0.2) is 0 Å². The lowest BCUT2D eigenvalue weighted by Crippen LogP contribution is -2.31. The van der Waals surface area contributed by atoms with Gasteiger partial charge in [0.25, 0.3) is 0 Å². The van der Waals surface area contributed by atoms with E-state index in [1.54, 1.807) is 0 Å². The van der Waals surface area contributed by atoms with Gasteiger partial charge < -0.3 is 5.32 Å². The van der Waals surface area contributed by atoms with Crippen molar-refractivity contribution in [3.8, 4) is 0 Å². The van der Waals surface area contributed by atoms with E-state index in [0.717, 1.165) is 31.0 Å². The van der Waals surface area contributed by atoms with Crippen LogP contribution in [0.25, 0.3) is 0 Å². The molecular formula is C15H21F2N. The van der Waals surface area contributed by atoms with Crippen molar-refractivity contribution >= 4 is 0 Å². The largest absolute Gasteiger partial charge is 0.314 e. The van der Waals surface area contributed by atoms with Crippen molar-refractivity contribution in [2.75, 3.05) is 6.54 Å². The van der Waals surface area contributed by atoms with Gasteiger partial charge >= 0.3 is 0 Å². The zero-order valence-electron chi connectivity index (χ0n) is 11.1. The Morgan fingerprint density at radius 1 is 1.33 bits per heavy atom. The van der Waals surface area contributed by atoms with Gasteiger partial charge in [-0.1, -0.05) is 32.1 Å². The van der Waals surface area contributed by atoms with Crippen molar-refractivity contribution in [2.24, 2.45) is 0 Å². The minimum Gasteiger partial charge on any atom is -0.314 e. The molecule has 0 saturated heterocycles. The van der Waals surface area contributed by atoms with E-state index in [2.05, 4.69) is 18.8 Å². The van der Waals surface area contributed by atoms with Crippen molar-refractivity contribution in [3.05, 3.63) is 47.5 Å². The molecule has 0 amide bonds. The Labute approximate surface area is 108 Å². The normalized spacial score (nSPS) is 12.4. The molecule has 1 nitrogen and oxygen atoms in total. The highest BCUT2D eigenvalue weighted by molar-refractivity contribution is 5.20. The number of likely N-dealkylation sites (N-methyl/N-ethyl adjacent to an activating group) is 1. The van der Waals surface area contributed by atoms with Gasteiger partial charge in [-0.3, -0.25) is 0 Å². The molecule has 1 rings (SSSR count). The fraction of sp³-hybridized carbons (Fsp3) is 0.467. The van der Waals surface area contributed by atoms with Crippen LogP contribution >= 0.6 is 0 Å². The Balaban J connectivity index is 2.72. The molecule has 1 aromatic carbocycles. The molecule has 0 aliphatic heterocycles. The molecule has 3 heteroatoms. The topological polar surface area (TPSA) is 12.0 Å². The molecule has 100 valence electrons. The van der Waals surface area contributed by atoms with Crippen molar-refractivity contribution in [2.45, 2.75) is 39.2 Å². The third kappa shape index (κ3) is 4.57. The summed E-state index contributed by atoms with van der Waals surface area (Å²) in [4.78, 5) is 0. The van der Waals surface area contributed by atoms with E-state index >= 15 is 0 Å². The van der Waals surface area contributed by atoms with Gasteiger partial charge in [-0.25, -0.2) is 8.78 Å². The molecule has 0 aromatic heterocycles. The summed E-state index contributed by atoms with van der Waals surface area (Å²) >= 11 is 0. The maximum atomic E-state index is 13.6. The molecule has 0 heterocycles. The molecule has 0 saturated carbocycles. The fourth-order valence-corrected chi connectivity index (χ4v) is 1.95. The summed E-state index contributed by atoms with van der Waals surface area (Å²) in [7, 11) is 0. The molecule has 1 aromatic rings. The number of hydrogen-bond donors (Lipinski definition) is 1. The highest BCUT2D eigenvalue weighted by atomic mass is 19.1. The first kappa shape index (κ1) is 14.8. The molecule has 1 N–H and O–H groups in total. The van der Waals surface area contributed by atoms with Crippen LogP contribution in [0.5, 0.6) is 0 Å². The molecule has 18 heavy (non-hydrogen) atoms. The fourth-order valence-electron chi connectivity index (χ4n) is 1.95. The zero-order valence-corrected chi connectivity index (χ0v) is 11.1. The molecule has 1 atom stereocenters. The summed E-state index contributed by atoms with van der Waals surface area (Å²) in [5.41, 5.74) is 1.69. The van der Waals surface area contributed by atoms with E-state index in [-0.39, 0.29) is 6.04 Å². The zero-order chi connectivity index (χ0) is 13.5. The first-order chi connectivity index (χ1) is 8.56. The number of benzene rings is 1. The molecule has 0 aliphatic carbocycles. The third-order valence-electron chi connectivity index (χ3n) is 3.01. The minimum absolute atomic E-state index is 0.155. The lowest BCUT2D eigenvalue weighted by atomic mass is 9.98. The van der Waals surface area contributed by atoms with Crippen LogP contribution in [0, 0.1) is 11.6 Å². The van der Waals surface area contributed by atoms with Crippen molar-refractivity contribution in [1.82, 2.24) is 5.32 Å². The van der Waals surface area contributed by atoms with E-state index in [1.807, 2.05) is 6.92 Å². The average Bonchev–Trinajstić information content (AvgIpc) is 2.32. The van der Waals surface area contributed by atoms with Crippen LogP contribution in [0.15, 0.2) is 30.4 Å². The number of nitrogens with one attached hydrogen (secondary N) is 1. The second-order valence-corrected chi connectivity index (χ2v) is 4.50. The van der Waals surface area contributed by atoms with Crippen LogP contribution in [-0.2, 0) is 6.42 Å². The Hall–Kier alpha value is -1.22. The Morgan fingerprint density at radius 3 is 2.61 bits per heavy atom. The summed E-state index contributed by atoms with van der Waals surface area (Å²) in [5, 5.41) is 3.32. The lowest BCUT2D eigenvalue weighted by Gasteiger charge is -2.19. The van der Waals surface area contributed by atoms with Gasteiger partial charge in [-0.2, -0.15) is 0 Å². The Bertz CT molecular complexity index is 401. The maximum absolute atomic E-state index is 13.6. The van der Waals surface area contributed by atoms with E-state index in [9.17, 15) is 8.78 Å². The van der Waals surface area contributed by atoms with Crippen LogP contribution in [0.2, 0.25) is 0 Å². The standard InChI is InChI=1S/C15H21F2N/c1-4-11(3)8-14(18-5-2)9-12-6-7-13(16)10-15(12)17/h6-7,10,14,18H,3-5,8-9H2,1-2H3. The van der Waals surface area contributed by atoms with Crippen LogP contribution in [-0.4, -0.2) is 12.6 Å². The van der Waals surface area contributed by atoms with Gasteiger partial charge in [0.05, 0.1) is 0 Å². The second kappa shape index (κ2) is 7.27. The summed E-state index contributed by atoms with van der Waals surface area (Å²) < 4.78 is 26.4. The van der Waals surface area contributed by atoms with E-state index in [1.165, 1.54) is 12.1 Å². The molecular weight excluding hydrogens is 232 g/mol. The molecule has 0 bridgehead atoms. The van der Waals surface area contributed by atoms with E-state index in [4.69, 9.17) is 0 Å². The number of hydrogen-bond acceptors (Lipinski definition) is 1. The average molecular weight is 253 g/mol. The van der Waals surface area contributed by atoms with Gasteiger partial charge in [0.1, 0.15) is 11.6 Å². The highest BCUT2D eigenvalue weighted by Gasteiger charge is 2.12. The van der Waals surface area contributed by atoms with Crippen LogP contribution in [0.4, 0.5) is 8.78 Å². The molecule has 1 unspecified atom stereocenters. The van der Waals surface area contributed by atoms with Gasteiger partial charge in [0.2, 0.25) is 0 Å². The van der Waals surface area contributed by atoms with Crippen molar-refractivity contribution in [1.29, 1.82) is 0 Å². The van der Waals surface area contributed by atoms with Crippen LogP contribution < -0.4 is 5.32 Å². The van der Waals surface area contributed by atoms with Gasteiger partial charge in [0, 0.05) is 12.1 Å². The lowest BCUT2D eigenvalue weighted by molar-refractivity contribution is 0.497. The predicted molar refractivity (Wildman–Crippen MR) is 71.6 cm³/mol. The van der Waals surface area contributed by atoms with Crippen molar-refractivity contribution < 1.29 is 8.78 Å². The molecule has 0 aliphatic rings. The number of halogens is 2. The molecule has 0 radical (unpaired) electrons. The summed E-state index contributed by atoms with van der Waals surface area (Å²) in [6.07, 6.45) is 2.30. The van der Waals surface area contributed by atoms with Crippen LogP contribution in [0.3, 0.4) is 0 Å². The first-order valence-corrected chi connectivity index (χ1v) is 6.40. The van der Waals surface area contributed by atoms with Gasteiger partial charge in [-0.05, 0) is 37.4 Å². The Kier molecular flexibility index (Phi) is 5.99. The first-order valence-electron chi connectivity index (χ1n) is 6.40. The maximum Gasteiger partial charge on any atom is 0.129 e. The minimum atomic E-state index is -0.533. The van der Waals surface area contributed by atoms with Crippen molar-refractivity contribution in [3.63, 3.8) is 0 Å². The Morgan fingerprint density at radius 2 is 2.06 bits per heavy atom. The van der Waals surface area contributed by atoms with Gasteiger partial charge in [-0.15, -0.1) is 0 Å². The molecule has 0 fully saturated rings.